The first-order chi connectivity index (χ1) is 10.3. The fourth-order valence-electron chi connectivity index (χ4n) is 1.95. The first kappa shape index (κ1) is 14.2. The highest BCUT2D eigenvalue weighted by Crippen LogP contribution is 2.34. The molecule has 0 fully saturated rings. The lowest BCUT2D eigenvalue weighted by Crippen LogP contribution is -2.04. The van der Waals surface area contributed by atoms with Gasteiger partial charge < -0.3 is 5.32 Å². The van der Waals surface area contributed by atoms with Crippen molar-refractivity contribution in [3.05, 3.63) is 46.4 Å². The number of nitrogens with one attached hydrogen (secondary N) is 1. The maximum absolute atomic E-state index is 4.68. The third-order valence-corrected chi connectivity index (χ3v) is 4.39. The Balaban J connectivity index is 2.18. The summed E-state index contributed by atoms with van der Waals surface area (Å²) in [7, 11) is 0. The van der Waals surface area contributed by atoms with Crippen molar-refractivity contribution in [3.8, 4) is 22.1 Å². The molecule has 3 rings (SSSR count). The lowest BCUT2D eigenvalue weighted by molar-refractivity contribution is 1.10. The summed E-state index contributed by atoms with van der Waals surface area (Å²) in [5.41, 5.74) is 1.91. The van der Waals surface area contributed by atoms with Crippen molar-refractivity contribution in [2.45, 2.75) is 6.92 Å². The van der Waals surface area contributed by atoms with E-state index in [1.807, 2.05) is 42.6 Å². The van der Waals surface area contributed by atoms with Crippen LogP contribution in [0.3, 0.4) is 0 Å². The summed E-state index contributed by atoms with van der Waals surface area (Å²) in [6, 6.07) is 10.1. The van der Waals surface area contributed by atoms with Crippen LogP contribution in [0.1, 0.15) is 6.92 Å². The van der Waals surface area contributed by atoms with E-state index in [1.54, 1.807) is 6.20 Å². The lowest BCUT2D eigenvalue weighted by Gasteiger charge is -2.11. The van der Waals surface area contributed by atoms with Crippen LogP contribution >= 0.6 is 27.3 Å². The van der Waals surface area contributed by atoms with E-state index >= 15 is 0 Å². The van der Waals surface area contributed by atoms with Crippen LogP contribution in [-0.2, 0) is 0 Å². The van der Waals surface area contributed by atoms with Crippen molar-refractivity contribution in [3.63, 3.8) is 0 Å². The smallest absolute Gasteiger partial charge is 0.191 e. The van der Waals surface area contributed by atoms with Gasteiger partial charge in [-0.3, -0.25) is 0 Å². The first-order valence-electron chi connectivity index (χ1n) is 6.56. The quantitative estimate of drug-likeness (QED) is 0.745. The van der Waals surface area contributed by atoms with E-state index in [0.717, 1.165) is 33.1 Å². The van der Waals surface area contributed by atoms with Crippen molar-refractivity contribution in [2.24, 2.45) is 0 Å². The number of thiazole rings is 1. The second kappa shape index (κ2) is 6.32. The molecule has 0 bridgehead atoms. The average Bonchev–Trinajstić information content (AvgIpc) is 3.05. The van der Waals surface area contributed by atoms with Crippen LogP contribution in [-0.4, -0.2) is 21.5 Å². The summed E-state index contributed by atoms with van der Waals surface area (Å²) in [6.07, 6.45) is 1.76. The van der Waals surface area contributed by atoms with Crippen LogP contribution in [0.25, 0.3) is 22.1 Å². The normalized spacial score (nSPS) is 10.6. The van der Waals surface area contributed by atoms with Crippen molar-refractivity contribution >= 4 is 33.1 Å². The maximum atomic E-state index is 4.68. The fourth-order valence-corrected chi connectivity index (χ4v) is 3.06. The molecule has 0 amide bonds. The fraction of sp³-hybridized carbons (Fsp3) is 0.133. The summed E-state index contributed by atoms with van der Waals surface area (Å²) in [4.78, 5) is 13.5. The number of anilines is 1. The molecule has 2 aromatic heterocycles. The Hall–Kier alpha value is -1.79. The van der Waals surface area contributed by atoms with Crippen LogP contribution in [0, 0.1) is 0 Å². The van der Waals surface area contributed by atoms with Crippen LogP contribution < -0.4 is 5.32 Å². The Bertz CT molecular complexity index is 729. The van der Waals surface area contributed by atoms with Gasteiger partial charge in [0.25, 0.3) is 0 Å². The Kier molecular flexibility index (Phi) is 4.26. The largest absolute Gasteiger partial charge is 0.369 e. The molecule has 1 N–H and O–H groups in total. The maximum Gasteiger partial charge on any atom is 0.191 e. The predicted octanol–water partition coefficient (Wildman–Crippen LogP) is 4.46. The van der Waals surface area contributed by atoms with Crippen LogP contribution in [0.15, 0.2) is 46.4 Å². The molecule has 2 heterocycles. The van der Waals surface area contributed by atoms with Gasteiger partial charge in [0.2, 0.25) is 0 Å². The molecule has 0 saturated heterocycles. The SMILES string of the molecule is CCNc1nc(-c2nccs2)nc(-c2ccccc2)c1Br. The first-order valence-corrected chi connectivity index (χ1v) is 8.23. The number of benzene rings is 1. The Labute approximate surface area is 135 Å². The predicted molar refractivity (Wildman–Crippen MR) is 90.4 cm³/mol. The minimum absolute atomic E-state index is 0.642. The Morgan fingerprint density at radius 3 is 2.67 bits per heavy atom. The minimum atomic E-state index is 0.642. The van der Waals surface area contributed by atoms with Gasteiger partial charge in [-0.05, 0) is 22.9 Å². The average molecular weight is 361 g/mol. The van der Waals surface area contributed by atoms with E-state index in [9.17, 15) is 0 Å². The van der Waals surface area contributed by atoms with E-state index in [-0.39, 0.29) is 0 Å². The zero-order chi connectivity index (χ0) is 14.7. The van der Waals surface area contributed by atoms with Gasteiger partial charge in [0.05, 0.1) is 10.2 Å². The summed E-state index contributed by atoms with van der Waals surface area (Å²) >= 11 is 5.15. The van der Waals surface area contributed by atoms with Gasteiger partial charge in [0, 0.05) is 23.7 Å². The molecule has 0 atom stereocenters. The van der Waals surface area contributed by atoms with Crippen molar-refractivity contribution in [1.82, 2.24) is 15.0 Å². The molecule has 4 nitrogen and oxygen atoms in total. The number of hydrogen-bond acceptors (Lipinski definition) is 5. The molecule has 106 valence electrons. The van der Waals surface area contributed by atoms with Gasteiger partial charge in [0.15, 0.2) is 10.8 Å². The molecule has 3 aromatic rings. The van der Waals surface area contributed by atoms with Crippen LogP contribution in [0.5, 0.6) is 0 Å². The van der Waals surface area contributed by atoms with Gasteiger partial charge >= 0.3 is 0 Å². The van der Waals surface area contributed by atoms with Crippen molar-refractivity contribution in [2.75, 3.05) is 11.9 Å². The monoisotopic (exact) mass is 360 g/mol. The highest BCUT2D eigenvalue weighted by atomic mass is 79.9. The molecule has 21 heavy (non-hydrogen) atoms. The Morgan fingerprint density at radius 2 is 2.00 bits per heavy atom. The van der Waals surface area contributed by atoms with Gasteiger partial charge in [-0.2, -0.15) is 0 Å². The third-order valence-electron chi connectivity index (χ3n) is 2.87. The molecule has 0 saturated carbocycles. The molecular formula is C15H13BrN4S. The third kappa shape index (κ3) is 2.96. The number of rotatable bonds is 4. The van der Waals surface area contributed by atoms with E-state index in [0.29, 0.717) is 5.82 Å². The minimum Gasteiger partial charge on any atom is -0.369 e. The molecule has 0 unspecified atom stereocenters. The number of nitrogens with zero attached hydrogens (tertiary/aromatic N) is 3. The number of aromatic nitrogens is 3. The summed E-state index contributed by atoms with van der Waals surface area (Å²) in [6.45, 7) is 2.83. The summed E-state index contributed by atoms with van der Waals surface area (Å²) in [5.74, 6) is 1.43. The second-order valence-electron chi connectivity index (χ2n) is 4.29. The highest BCUT2D eigenvalue weighted by molar-refractivity contribution is 9.10. The molecular weight excluding hydrogens is 348 g/mol. The van der Waals surface area contributed by atoms with Crippen molar-refractivity contribution in [1.29, 1.82) is 0 Å². The molecule has 6 heteroatoms. The summed E-state index contributed by atoms with van der Waals surface area (Å²) in [5, 5.41) is 6.01. The molecule has 1 aromatic carbocycles. The molecule has 0 aliphatic heterocycles. The number of hydrogen-bond donors (Lipinski definition) is 1. The van der Waals surface area contributed by atoms with E-state index in [1.165, 1.54) is 11.3 Å². The zero-order valence-corrected chi connectivity index (χ0v) is 13.8. The van der Waals surface area contributed by atoms with Gasteiger partial charge in [-0.15, -0.1) is 11.3 Å². The van der Waals surface area contributed by atoms with Gasteiger partial charge in [-0.1, -0.05) is 30.3 Å². The van der Waals surface area contributed by atoms with Crippen LogP contribution in [0.4, 0.5) is 5.82 Å². The standard InChI is InChI=1S/C15H13BrN4S/c1-2-17-13-11(16)12(10-6-4-3-5-7-10)19-14(20-13)15-18-8-9-21-15/h3-9H,2H2,1H3,(H,17,19,20). The summed E-state index contributed by atoms with van der Waals surface area (Å²) < 4.78 is 0.871. The lowest BCUT2D eigenvalue weighted by atomic mass is 10.1. The van der Waals surface area contributed by atoms with E-state index < -0.39 is 0 Å². The zero-order valence-electron chi connectivity index (χ0n) is 11.4. The van der Waals surface area contributed by atoms with E-state index in [4.69, 9.17) is 0 Å². The second-order valence-corrected chi connectivity index (χ2v) is 5.98. The Morgan fingerprint density at radius 1 is 1.19 bits per heavy atom. The topological polar surface area (TPSA) is 50.7 Å². The van der Waals surface area contributed by atoms with Crippen molar-refractivity contribution < 1.29 is 0 Å². The molecule has 0 spiro atoms. The number of halogens is 1. The molecule has 0 aliphatic carbocycles. The van der Waals surface area contributed by atoms with Crippen LogP contribution in [0.2, 0.25) is 0 Å². The highest BCUT2D eigenvalue weighted by Gasteiger charge is 2.15. The molecule has 0 aliphatic rings. The molecule has 0 radical (unpaired) electrons. The van der Waals surface area contributed by atoms with Gasteiger partial charge in [-0.25, -0.2) is 15.0 Å². The van der Waals surface area contributed by atoms with Gasteiger partial charge in [0.1, 0.15) is 5.82 Å². The van der Waals surface area contributed by atoms with E-state index in [2.05, 4.69) is 36.2 Å².